The van der Waals surface area contributed by atoms with Crippen LogP contribution >= 0.6 is 0 Å². The van der Waals surface area contributed by atoms with E-state index in [1.807, 2.05) is 0 Å². The number of nitrogens with zero attached hydrogens (tertiary/aromatic N) is 2. The predicted octanol–water partition coefficient (Wildman–Crippen LogP) is 1.22. The molecule has 1 fully saturated rings. The second-order valence-corrected chi connectivity index (χ2v) is 5.38. The van der Waals surface area contributed by atoms with E-state index in [0.717, 1.165) is 44.7 Å². The van der Waals surface area contributed by atoms with Gasteiger partial charge in [-0.2, -0.15) is 0 Å². The van der Waals surface area contributed by atoms with E-state index in [2.05, 4.69) is 10.2 Å². The van der Waals surface area contributed by atoms with Crippen molar-refractivity contribution in [2.24, 2.45) is 0 Å². The summed E-state index contributed by atoms with van der Waals surface area (Å²) in [5.41, 5.74) is 0.585. The van der Waals surface area contributed by atoms with Crippen molar-refractivity contribution >= 4 is 5.91 Å². The van der Waals surface area contributed by atoms with Crippen LogP contribution in [-0.4, -0.2) is 55.5 Å². The lowest BCUT2D eigenvalue weighted by Gasteiger charge is -2.23. The Labute approximate surface area is 123 Å². The molecule has 1 N–H and O–H groups in total. The molecule has 1 saturated heterocycles. The summed E-state index contributed by atoms with van der Waals surface area (Å²) >= 11 is 0. The van der Waals surface area contributed by atoms with Crippen LogP contribution in [0.15, 0.2) is 18.2 Å². The summed E-state index contributed by atoms with van der Waals surface area (Å²) in [6.07, 6.45) is 1.03. The molecule has 0 bridgehead atoms. The zero-order valence-corrected chi connectivity index (χ0v) is 12.2. The maximum Gasteiger partial charge on any atom is 0.236 e. The predicted molar refractivity (Wildman–Crippen MR) is 76.8 cm³/mol. The molecule has 0 aliphatic carbocycles. The maximum absolute atomic E-state index is 13.2. The Morgan fingerprint density at radius 1 is 1.29 bits per heavy atom. The first-order chi connectivity index (χ1) is 10.1. The summed E-state index contributed by atoms with van der Waals surface area (Å²) in [4.78, 5) is 15.8. The lowest BCUT2D eigenvalue weighted by molar-refractivity contribution is -0.131. The van der Waals surface area contributed by atoms with Crippen LogP contribution < -0.4 is 5.32 Å². The van der Waals surface area contributed by atoms with Crippen LogP contribution in [-0.2, 0) is 11.3 Å². The molecule has 1 amide bonds. The number of likely N-dealkylation sites (N-methyl/N-ethyl adjacent to an activating group) is 1. The van der Waals surface area contributed by atoms with Gasteiger partial charge in [-0.1, -0.05) is 6.07 Å². The Morgan fingerprint density at radius 2 is 2.10 bits per heavy atom. The van der Waals surface area contributed by atoms with Crippen molar-refractivity contribution in [2.45, 2.75) is 13.0 Å². The Kier molecular flexibility index (Phi) is 5.64. The Morgan fingerprint density at radius 3 is 2.86 bits per heavy atom. The average Bonchev–Trinajstić information content (AvgIpc) is 2.71. The fourth-order valence-electron chi connectivity index (χ4n) is 2.37. The summed E-state index contributed by atoms with van der Waals surface area (Å²) in [6.45, 7) is 4.27. The van der Waals surface area contributed by atoms with Crippen molar-refractivity contribution in [2.75, 3.05) is 39.8 Å². The third kappa shape index (κ3) is 4.75. The molecule has 0 unspecified atom stereocenters. The molecule has 21 heavy (non-hydrogen) atoms. The van der Waals surface area contributed by atoms with Crippen LogP contribution in [0.3, 0.4) is 0 Å². The molecule has 1 heterocycles. The molecule has 6 heteroatoms. The number of halogens is 2. The minimum Gasteiger partial charge on any atom is -0.340 e. The van der Waals surface area contributed by atoms with Gasteiger partial charge in [-0.05, 0) is 37.2 Å². The van der Waals surface area contributed by atoms with Crippen LogP contribution in [0.2, 0.25) is 0 Å². The van der Waals surface area contributed by atoms with E-state index < -0.39 is 11.6 Å². The van der Waals surface area contributed by atoms with E-state index in [1.165, 1.54) is 6.07 Å². The molecule has 2 rings (SSSR count). The first-order valence-electron chi connectivity index (χ1n) is 7.17. The van der Waals surface area contributed by atoms with Gasteiger partial charge in [-0.3, -0.25) is 9.69 Å². The number of carbonyl (C=O) groups excluding carboxylic acids is 1. The average molecular weight is 297 g/mol. The molecule has 0 atom stereocenters. The number of carbonyl (C=O) groups is 1. The zero-order valence-electron chi connectivity index (χ0n) is 12.2. The summed E-state index contributed by atoms with van der Waals surface area (Å²) in [5.74, 6) is -1.77. The van der Waals surface area contributed by atoms with E-state index in [9.17, 15) is 13.6 Å². The van der Waals surface area contributed by atoms with Gasteiger partial charge in [0.25, 0.3) is 0 Å². The molecule has 0 radical (unpaired) electrons. The minimum absolute atomic E-state index is 0.0124. The lowest BCUT2D eigenvalue weighted by Crippen LogP contribution is -2.39. The van der Waals surface area contributed by atoms with Gasteiger partial charge in [-0.25, -0.2) is 8.78 Å². The van der Waals surface area contributed by atoms with Crippen LogP contribution in [0.5, 0.6) is 0 Å². The van der Waals surface area contributed by atoms with Crippen molar-refractivity contribution in [3.05, 3.63) is 35.4 Å². The summed E-state index contributed by atoms with van der Waals surface area (Å²) in [5, 5.41) is 3.29. The van der Waals surface area contributed by atoms with Crippen LogP contribution in [0.1, 0.15) is 12.0 Å². The van der Waals surface area contributed by atoms with Gasteiger partial charge in [0.15, 0.2) is 11.6 Å². The van der Waals surface area contributed by atoms with Crippen LogP contribution in [0.25, 0.3) is 0 Å². The standard InChI is InChI=1S/C15H21F2N3O/c1-19(10-12-3-4-13(16)14(17)9-12)15(21)11-20-7-2-5-18-6-8-20/h3-4,9,18H,2,5-8,10-11H2,1H3. The second-order valence-electron chi connectivity index (χ2n) is 5.38. The minimum atomic E-state index is -0.882. The second kappa shape index (κ2) is 7.47. The van der Waals surface area contributed by atoms with E-state index in [-0.39, 0.29) is 12.5 Å². The Hall–Kier alpha value is -1.53. The quantitative estimate of drug-likeness (QED) is 0.907. The molecule has 116 valence electrons. The van der Waals surface area contributed by atoms with Crippen LogP contribution in [0, 0.1) is 11.6 Å². The topological polar surface area (TPSA) is 35.6 Å². The van der Waals surface area contributed by atoms with Gasteiger partial charge in [0, 0.05) is 26.7 Å². The van der Waals surface area contributed by atoms with E-state index >= 15 is 0 Å². The highest BCUT2D eigenvalue weighted by atomic mass is 19.2. The highest BCUT2D eigenvalue weighted by Gasteiger charge is 2.16. The Bertz CT molecular complexity index is 488. The number of nitrogens with one attached hydrogen (secondary N) is 1. The first-order valence-corrected chi connectivity index (χ1v) is 7.17. The van der Waals surface area contributed by atoms with E-state index in [4.69, 9.17) is 0 Å². The normalized spacial score (nSPS) is 16.5. The van der Waals surface area contributed by atoms with Crippen molar-refractivity contribution in [1.82, 2.24) is 15.1 Å². The molecule has 1 aliphatic rings. The van der Waals surface area contributed by atoms with Crippen molar-refractivity contribution in [3.8, 4) is 0 Å². The molecule has 0 spiro atoms. The van der Waals surface area contributed by atoms with Crippen molar-refractivity contribution in [3.63, 3.8) is 0 Å². The fraction of sp³-hybridized carbons (Fsp3) is 0.533. The smallest absolute Gasteiger partial charge is 0.236 e. The van der Waals surface area contributed by atoms with Gasteiger partial charge in [-0.15, -0.1) is 0 Å². The first kappa shape index (κ1) is 15.9. The lowest BCUT2D eigenvalue weighted by atomic mass is 10.2. The summed E-state index contributed by atoms with van der Waals surface area (Å²) in [6, 6.07) is 3.72. The summed E-state index contributed by atoms with van der Waals surface area (Å²) < 4.78 is 26.0. The van der Waals surface area contributed by atoms with Gasteiger partial charge in [0.2, 0.25) is 5.91 Å². The van der Waals surface area contributed by atoms with E-state index in [0.29, 0.717) is 12.1 Å². The highest BCUT2D eigenvalue weighted by Crippen LogP contribution is 2.10. The maximum atomic E-state index is 13.2. The Balaban J connectivity index is 1.87. The number of amides is 1. The van der Waals surface area contributed by atoms with Gasteiger partial charge >= 0.3 is 0 Å². The van der Waals surface area contributed by atoms with Gasteiger partial charge < -0.3 is 10.2 Å². The molecular formula is C15H21F2N3O. The molecule has 0 aromatic heterocycles. The third-order valence-corrected chi connectivity index (χ3v) is 3.62. The third-order valence-electron chi connectivity index (χ3n) is 3.62. The van der Waals surface area contributed by atoms with Crippen molar-refractivity contribution < 1.29 is 13.6 Å². The monoisotopic (exact) mass is 297 g/mol. The van der Waals surface area contributed by atoms with Gasteiger partial charge in [0.05, 0.1) is 6.54 Å². The number of hydrogen-bond acceptors (Lipinski definition) is 3. The molecule has 1 aliphatic heterocycles. The number of benzene rings is 1. The molecular weight excluding hydrogens is 276 g/mol. The fourth-order valence-corrected chi connectivity index (χ4v) is 2.37. The summed E-state index contributed by atoms with van der Waals surface area (Å²) in [7, 11) is 1.68. The molecule has 4 nitrogen and oxygen atoms in total. The SMILES string of the molecule is CN(Cc1ccc(F)c(F)c1)C(=O)CN1CCCNCC1. The molecule has 1 aromatic rings. The van der Waals surface area contributed by atoms with E-state index in [1.54, 1.807) is 11.9 Å². The molecule has 1 aromatic carbocycles. The zero-order chi connectivity index (χ0) is 15.2. The highest BCUT2D eigenvalue weighted by molar-refractivity contribution is 5.78. The number of rotatable bonds is 4. The largest absolute Gasteiger partial charge is 0.340 e. The van der Waals surface area contributed by atoms with Gasteiger partial charge in [0.1, 0.15) is 0 Å². The number of hydrogen-bond donors (Lipinski definition) is 1. The molecule has 0 saturated carbocycles. The van der Waals surface area contributed by atoms with Crippen LogP contribution in [0.4, 0.5) is 8.78 Å². The van der Waals surface area contributed by atoms with Crippen molar-refractivity contribution in [1.29, 1.82) is 0 Å².